The lowest BCUT2D eigenvalue weighted by atomic mass is 10.2. The highest BCUT2D eigenvalue weighted by Crippen LogP contribution is 2.20. The van der Waals surface area contributed by atoms with Gasteiger partial charge >= 0.3 is 5.97 Å². The Hall–Kier alpha value is -2.87. The fraction of sp³-hybridized carbons (Fsp3) is 0. The van der Waals surface area contributed by atoms with Gasteiger partial charge in [-0.15, -0.1) is 0 Å². The van der Waals surface area contributed by atoms with Gasteiger partial charge in [-0.2, -0.15) is 5.10 Å². The van der Waals surface area contributed by atoms with Crippen molar-refractivity contribution in [2.45, 2.75) is 4.90 Å². The lowest BCUT2D eigenvalue weighted by Gasteiger charge is -2.08. The Morgan fingerprint density at radius 2 is 2.00 bits per heavy atom. The second-order valence-electron chi connectivity index (χ2n) is 4.61. The summed E-state index contributed by atoms with van der Waals surface area (Å²) in [7, 11) is -3.87. The molecule has 1 heterocycles. The number of rotatable bonds is 4. The molecule has 0 saturated heterocycles. The van der Waals surface area contributed by atoms with Crippen molar-refractivity contribution in [1.82, 2.24) is 10.2 Å². The van der Waals surface area contributed by atoms with Crippen molar-refractivity contribution in [3.63, 3.8) is 0 Å². The summed E-state index contributed by atoms with van der Waals surface area (Å²) in [6, 6.07) is 10.1. The molecule has 2 aromatic carbocycles. The van der Waals surface area contributed by atoms with Gasteiger partial charge in [-0.3, -0.25) is 9.82 Å². The standard InChI is InChI=1S/C14H11N3O4S/c18-14(19)9-2-1-3-12(6-9)22(20,21)17-11-5-4-10-8-15-16-13(10)7-11/h1-8,17H,(H,15,16)(H,18,19). The van der Waals surface area contributed by atoms with Gasteiger partial charge in [-0.1, -0.05) is 6.07 Å². The first-order valence-electron chi connectivity index (χ1n) is 6.25. The molecule has 0 aliphatic rings. The fourth-order valence-electron chi connectivity index (χ4n) is 2.01. The summed E-state index contributed by atoms with van der Waals surface area (Å²) >= 11 is 0. The topological polar surface area (TPSA) is 112 Å². The molecule has 1 aromatic heterocycles. The summed E-state index contributed by atoms with van der Waals surface area (Å²) in [6.07, 6.45) is 1.63. The van der Waals surface area contributed by atoms with E-state index in [0.29, 0.717) is 11.2 Å². The molecule has 3 rings (SSSR count). The lowest BCUT2D eigenvalue weighted by Crippen LogP contribution is -2.13. The molecular weight excluding hydrogens is 306 g/mol. The second-order valence-corrected chi connectivity index (χ2v) is 6.29. The van der Waals surface area contributed by atoms with E-state index in [1.54, 1.807) is 24.4 Å². The zero-order valence-corrected chi connectivity index (χ0v) is 12.0. The summed E-state index contributed by atoms with van der Waals surface area (Å²) in [5.74, 6) is -1.18. The van der Waals surface area contributed by atoms with Crippen LogP contribution >= 0.6 is 0 Å². The minimum Gasteiger partial charge on any atom is -0.478 e. The van der Waals surface area contributed by atoms with E-state index in [9.17, 15) is 13.2 Å². The second kappa shape index (κ2) is 5.15. The highest BCUT2D eigenvalue weighted by molar-refractivity contribution is 7.92. The Balaban J connectivity index is 1.95. The minimum absolute atomic E-state index is 0.0908. The van der Waals surface area contributed by atoms with Gasteiger partial charge < -0.3 is 5.11 Å². The number of hydrogen-bond acceptors (Lipinski definition) is 4. The number of fused-ring (bicyclic) bond motifs is 1. The van der Waals surface area contributed by atoms with Crippen LogP contribution in [0.4, 0.5) is 5.69 Å². The van der Waals surface area contributed by atoms with E-state index in [1.807, 2.05) is 0 Å². The van der Waals surface area contributed by atoms with Gasteiger partial charge in [0.05, 0.1) is 27.9 Å². The maximum Gasteiger partial charge on any atom is 0.335 e. The molecule has 0 radical (unpaired) electrons. The average molecular weight is 317 g/mol. The third-order valence-corrected chi connectivity index (χ3v) is 4.46. The van der Waals surface area contributed by atoms with Gasteiger partial charge in [0.2, 0.25) is 0 Å². The van der Waals surface area contributed by atoms with Crippen molar-refractivity contribution in [3.8, 4) is 0 Å². The Morgan fingerprint density at radius 3 is 2.77 bits per heavy atom. The van der Waals surface area contributed by atoms with Crippen molar-refractivity contribution in [1.29, 1.82) is 0 Å². The smallest absolute Gasteiger partial charge is 0.335 e. The first-order chi connectivity index (χ1) is 10.5. The van der Waals surface area contributed by atoms with Crippen LogP contribution < -0.4 is 4.72 Å². The molecule has 0 amide bonds. The molecule has 112 valence electrons. The third kappa shape index (κ3) is 2.63. The maximum absolute atomic E-state index is 12.3. The molecule has 8 heteroatoms. The van der Waals surface area contributed by atoms with Crippen LogP contribution in [0.3, 0.4) is 0 Å². The molecule has 0 spiro atoms. The number of sulfonamides is 1. The number of carbonyl (C=O) groups is 1. The van der Waals surface area contributed by atoms with Crippen LogP contribution in [0.5, 0.6) is 0 Å². The van der Waals surface area contributed by atoms with Gasteiger partial charge in [0.15, 0.2) is 0 Å². The molecule has 0 unspecified atom stereocenters. The average Bonchev–Trinajstić information content (AvgIpc) is 2.94. The Morgan fingerprint density at radius 1 is 1.18 bits per heavy atom. The van der Waals surface area contributed by atoms with Gasteiger partial charge in [0, 0.05) is 5.39 Å². The van der Waals surface area contributed by atoms with Crippen LogP contribution in [0.15, 0.2) is 53.6 Å². The van der Waals surface area contributed by atoms with E-state index >= 15 is 0 Å². The summed E-state index contributed by atoms with van der Waals surface area (Å²) in [5.41, 5.74) is 0.962. The first kappa shape index (κ1) is 14.1. The number of nitrogens with zero attached hydrogens (tertiary/aromatic N) is 1. The van der Waals surface area contributed by atoms with Crippen molar-refractivity contribution in [2.75, 3.05) is 4.72 Å². The van der Waals surface area contributed by atoms with Crippen molar-refractivity contribution >= 4 is 32.6 Å². The molecular formula is C14H11N3O4S. The quantitative estimate of drug-likeness (QED) is 0.682. The predicted molar refractivity (Wildman–Crippen MR) is 80.3 cm³/mol. The van der Waals surface area contributed by atoms with Crippen LogP contribution in [-0.2, 0) is 10.0 Å². The van der Waals surface area contributed by atoms with E-state index in [1.165, 1.54) is 18.2 Å². The number of H-pyrrole nitrogens is 1. The summed E-state index contributed by atoms with van der Waals surface area (Å²) < 4.78 is 27.1. The van der Waals surface area contributed by atoms with Gasteiger partial charge in [0.1, 0.15) is 0 Å². The van der Waals surface area contributed by atoms with E-state index < -0.39 is 16.0 Å². The number of anilines is 1. The SMILES string of the molecule is O=C(O)c1cccc(S(=O)(=O)Nc2ccc3cn[nH]c3c2)c1. The summed E-state index contributed by atoms with van der Waals surface area (Å²) in [5, 5.41) is 16.4. The van der Waals surface area contributed by atoms with E-state index in [0.717, 1.165) is 11.5 Å². The first-order valence-corrected chi connectivity index (χ1v) is 7.73. The van der Waals surface area contributed by atoms with Crippen molar-refractivity contribution in [2.24, 2.45) is 0 Å². The molecule has 7 nitrogen and oxygen atoms in total. The monoisotopic (exact) mass is 317 g/mol. The number of carboxylic acids is 1. The van der Waals surface area contributed by atoms with E-state index in [2.05, 4.69) is 14.9 Å². The minimum atomic E-state index is -3.87. The molecule has 0 aliphatic heterocycles. The largest absolute Gasteiger partial charge is 0.478 e. The highest BCUT2D eigenvalue weighted by Gasteiger charge is 2.16. The van der Waals surface area contributed by atoms with Gasteiger partial charge in [0.25, 0.3) is 10.0 Å². The molecule has 0 bridgehead atoms. The van der Waals surface area contributed by atoms with Crippen LogP contribution in [0.25, 0.3) is 10.9 Å². The van der Waals surface area contributed by atoms with E-state index in [4.69, 9.17) is 5.11 Å². The summed E-state index contributed by atoms with van der Waals surface area (Å²) in [4.78, 5) is 10.8. The number of carboxylic acid groups (broad SMARTS) is 1. The third-order valence-electron chi connectivity index (χ3n) is 3.09. The number of aromatic nitrogens is 2. The number of aromatic carboxylic acids is 1. The Labute approximate surface area is 125 Å². The van der Waals surface area contributed by atoms with Crippen LogP contribution in [0.1, 0.15) is 10.4 Å². The maximum atomic E-state index is 12.3. The number of hydrogen-bond donors (Lipinski definition) is 3. The molecule has 3 N–H and O–H groups in total. The molecule has 0 aliphatic carbocycles. The van der Waals surface area contributed by atoms with Crippen LogP contribution in [0, 0.1) is 0 Å². The molecule has 0 atom stereocenters. The van der Waals surface area contributed by atoms with Crippen LogP contribution in [-0.4, -0.2) is 29.7 Å². The molecule has 22 heavy (non-hydrogen) atoms. The fourth-order valence-corrected chi connectivity index (χ4v) is 3.11. The Kier molecular flexibility index (Phi) is 3.30. The number of benzene rings is 2. The van der Waals surface area contributed by atoms with Gasteiger partial charge in [-0.05, 0) is 36.4 Å². The zero-order valence-electron chi connectivity index (χ0n) is 11.1. The molecule has 0 fully saturated rings. The number of aromatic amines is 1. The van der Waals surface area contributed by atoms with Gasteiger partial charge in [-0.25, -0.2) is 13.2 Å². The Bertz CT molecular complexity index is 963. The lowest BCUT2D eigenvalue weighted by molar-refractivity contribution is 0.0696. The normalized spacial score (nSPS) is 11.5. The predicted octanol–water partition coefficient (Wildman–Crippen LogP) is 2.06. The summed E-state index contributed by atoms with van der Waals surface area (Å²) in [6.45, 7) is 0. The van der Waals surface area contributed by atoms with E-state index in [-0.39, 0.29) is 10.5 Å². The van der Waals surface area contributed by atoms with Crippen molar-refractivity contribution < 1.29 is 18.3 Å². The molecule has 0 saturated carbocycles. The molecule has 3 aromatic rings. The number of nitrogens with one attached hydrogen (secondary N) is 2. The zero-order chi connectivity index (χ0) is 15.7. The highest BCUT2D eigenvalue weighted by atomic mass is 32.2. The van der Waals surface area contributed by atoms with Crippen LogP contribution in [0.2, 0.25) is 0 Å². The van der Waals surface area contributed by atoms with Crippen molar-refractivity contribution in [3.05, 3.63) is 54.2 Å².